The smallest absolute Gasteiger partial charge is 0.311 e. The number of rotatable bonds is 9. The molecule has 5 rings (SSSR count). The van der Waals surface area contributed by atoms with Crippen LogP contribution in [0.5, 0.6) is 11.5 Å². The summed E-state index contributed by atoms with van der Waals surface area (Å²) in [4.78, 5) is 29.6. The zero-order valence-electron chi connectivity index (χ0n) is 20.2. The molecule has 2 aromatic carbocycles. The molecule has 0 aliphatic carbocycles. The number of carbonyl (C=O) groups is 2. The van der Waals surface area contributed by atoms with Gasteiger partial charge < -0.3 is 23.6 Å². The molecule has 1 amide bonds. The van der Waals surface area contributed by atoms with Crippen LogP contribution in [0.2, 0.25) is 0 Å². The van der Waals surface area contributed by atoms with Crippen LogP contribution in [-0.4, -0.2) is 96.1 Å². The van der Waals surface area contributed by atoms with Crippen LogP contribution in [-0.2, 0) is 11.3 Å². The van der Waals surface area contributed by atoms with Crippen molar-refractivity contribution in [3.8, 4) is 23.0 Å². The van der Waals surface area contributed by atoms with Crippen molar-refractivity contribution in [3.05, 3.63) is 60.0 Å². The fourth-order valence-electron chi connectivity index (χ4n) is 4.33. The molecule has 188 valence electrons. The molecule has 2 saturated heterocycles. The zero-order chi connectivity index (χ0) is 24.9. The van der Waals surface area contributed by atoms with E-state index in [2.05, 4.69) is 32.1 Å². The molecular formula is C26H29N5O5. The van der Waals surface area contributed by atoms with Crippen LogP contribution in [0, 0.1) is 0 Å². The van der Waals surface area contributed by atoms with Gasteiger partial charge in [-0.15, -0.1) is 10.2 Å². The topological polar surface area (TPSA) is 101 Å². The maximum Gasteiger partial charge on any atom is 0.311 e. The molecule has 3 aromatic rings. The number of aldehydes is 1. The van der Waals surface area contributed by atoms with Crippen LogP contribution >= 0.6 is 0 Å². The summed E-state index contributed by atoms with van der Waals surface area (Å²) in [6.07, 6.45) is 0.894. The SMILES string of the molecule is COc1ccc(-c2nnc(C(=O)N3CC(Oc4ccc(CN5CCN(CC=O)CC5)cc4)C3)o2)cc1. The van der Waals surface area contributed by atoms with Crippen molar-refractivity contribution in [2.45, 2.75) is 12.6 Å². The lowest BCUT2D eigenvalue weighted by Crippen LogP contribution is -2.56. The first-order valence-electron chi connectivity index (χ1n) is 12.0. The van der Waals surface area contributed by atoms with Crippen LogP contribution in [0.1, 0.15) is 16.2 Å². The number of hydrogen-bond donors (Lipinski definition) is 0. The summed E-state index contributed by atoms with van der Waals surface area (Å²) >= 11 is 0. The Hall–Kier alpha value is -3.76. The molecule has 2 aliphatic rings. The van der Waals surface area contributed by atoms with E-state index in [1.807, 2.05) is 12.1 Å². The van der Waals surface area contributed by atoms with Crippen molar-refractivity contribution in [2.75, 3.05) is 52.9 Å². The summed E-state index contributed by atoms with van der Waals surface area (Å²) < 4.78 is 16.8. The lowest BCUT2D eigenvalue weighted by Gasteiger charge is -2.38. The normalized spacial score (nSPS) is 17.0. The van der Waals surface area contributed by atoms with Crippen molar-refractivity contribution in [3.63, 3.8) is 0 Å². The van der Waals surface area contributed by atoms with Gasteiger partial charge in [-0.3, -0.25) is 14.6 Å². The van der Waals surface area contributed by atoms with Crippen LogP contribution in [0.15, 0.2) is 52.9 Å². The average molecular weight is 492 g/mol. The van der Waals surface area contributed by atoms with Crippen molar-refractivity contribution in [2.24, 2.45) is 0 Å². The molecule has 0 saturated carbocycles. The maximum absolute atomic E-state index is 12.7. The van der Waals surface area contributed by atoms with Crippen LogP contribution < -0.4 is 9.47 Å². The van der Waals surface area contributed by atoms with E-state index in [1.54, 1.807) is 36.3 Å². The summed E-state index contributed by atoms with van der Waals surface area (Å²) in [5.41, 5.74) is 1.94. The third-order valence-electron chi connectivity index (χ3n) is 6.51. The highest BCUT2D eigenvalue weighted by Gasteiger charge is 2.35. The number of nitrogens with zero attached hydrogens (tertiary/aromatic N) is 5. The van der Waals surface area contributed by atoms with E-state index in [9.17, 15) is 9.59 Å². The number of aromatic nitrogens is 2. The van der Waals surface area contributed by atoms with Gasteiger partial charge in [-0.1, -0.05) is 12.1 Å². The van der Waals surface area contributed by atoms with Gasteiger partial charge in [0.15, 0.2) is 0 Å². The molecule has 0 unspecified atom stereocenters. The molecular weight excluding hydrogens is 462 g/mol. The molecule has 10 heteroatoms. The molecule has 3 heterocycles. The minimum atomic E-state index is -0.300. The molecule has 2 aliphatic heterocycles. The molecule has 0 bridgehead atoms. The Labute approximate surface area is 209 Å². The van der Waals surface area contributed by atoms with Gasteiger partial charge >= 0.3 is 11.8 Å². The first-order valence-corrected chi connectivity index (χ1v) is 12.0. The highest BCUT2D eigenvalue weighted by Crippen LogP contribution is 2.24. The van der Waals surface area contributed by atoms with E-state index in [4.69, 9.17) is 13.9 Å². The minimum absolute atomic E-state index is 0.0318. The number of carbonyl (C=O) groups excluding carboxylic acids is 2. The number of piperazine rings is 1. The molecule has 0 atom stereocenters. The van der Waals surface area contributed by atoms with E-state index in [0.29, 0.717) is 19.6 Å². The van der Waals surface area contributed by atoms with Crippen LogP contribution in [0.4, 0.5) is 0 Å². The Morgan fingerprint density at radius 1 is 0.972 bits per heavy atom. The van der Waals surface area contributed by atoms with Crippen molar-refractivity contribution in [1.82, 2.24) is 24.9 Å². The minimum Gasteiger partial charge on any atom is -0.497 e. The summed E-state index contributed by atoms with van der Waals surface area (Å²) in [5, 5.41) is 7.91. The average Bonchev–Trinajstić information content (AvgIpc) is 3.38. The van der Waals surface area contributed by atoms with Crippen molar-refractivity contribution < 1.29 is 23.5 Å². The fourth-order valence-corrected chi connectivity index (χ4v) is 4.33. The molecule has 1 aromatic heterocycles. The third-order valence-corrected chi connectivity index (χ3v) is 6.51. The standard InChI is InChI=1S/C26H29N5O5/c1-34-21-8-4-20(5-9-21)24-27-28-25(36-24)26(33)31-17-23(18-31)35-22-6-2-19(3-7-22)16-30-12-10-29(11-13-30)14-15-32/h2-9,15,23H,10-14,16-18H2,1H3. The summed E-state index contributed by atoms with van der Waals surface area (Å²) in [5.74, 6) is 1.46. The van der Waals surface area contributed by atoms with Gasteiger partial charge in [0.2, 0.25) is 5.89 Å². The zero-order valence-corrected chi connectivity index (χ0v) is 20.2. The molecule has 36 heavy (non-hydrogen) atoms. The second-order valence-electron chi connectivity index (χ2n) is 8.98. The van der Waals surface area contributed by atoms with Crippen molar-refractivity contribution >= 4 is 12.2 Å². The lowest BCUT2D eigenvalue weighted by molar-refractivity contribution is -0.109. The highest BCUT2D eigenvalue weighted by molar-refractivity contribution is 5.90. The monoisotopic (exact) mass is 491 g/mol. The second-order valence-corrected chi connectivity index (χ2v) is 8.98. The van der Waals surface area contributed by atoms with Gasteiger partial charge in [0.1, 0.15) is 23.9 Å². The van der Waals surface area contributed by atoms with E-state index in [-0.39, 0.29) is 23.8 Å². The Kier molecular flexibility index (Phi) is 7.24. The van der Waals surface area contributed by atoms with Crippen LogP contribution in [0.3, 0.4) is 0 Å². The molecule has 0 N–H and O–H groups in total. The second kappa shape index (κ2) is 10.9. The van der Waals surface area contributed by atoms with E-state index >= 15 is 0 Å². The summed E-state index contributed by atoms with van der Waals surface area (Å²) in [7, 11) is 1.60. The number of amides is 1. The first kappa shape index (κ1) is 24.0. The van der Waals surface area contributed by atoms with E-state index < -0.39 is 0 Å². The van der Waals surface area contributed by atoms with Crippen molar-refractivity contribution in [1.29, 1.82) is 0 Å². The van der Waals surface area contributed by atoms with Gasteiger partial charge in [0, 0.05) is 38.3 Å². The van der Waals surface area contributed by atoms with Gasteiger partial charge in [-0.25, -0.2) is 0 Å². The first-order chi connectivity index (χ1) is 17.6. The van der Waals surface area contributed by atoms with Gasteiger partial charge in [0.25, 0.3) is 0 Å². The molecule has 0 spiro atoms. The van der Waals surface area contributed by atoms with Gasteiger partial charge in [0.05, 0.1) is 26.7 Å². The van der Waals surface area contributed by atoms with Crippen LogP contribution in [0.25, 0.3) is 11.5 Å². The molecule has 2 fully saturated rings. The quantitative estimate of drug-likeness (QED) is 0.416. The summed E-state index contributed by atoms with van der Waals surface area (Å²) in [6.45, 7) is 6.08. The lowest BCUT2D eigenvalue weighted by atomic mass is 10.1. The predicted octanol–water partition coefficient (Wildman–Crippen LogP) is 1.97. The Morgan fingerprint density at radius 2 is 1.64 bits per heavy atom. The number of hydrogen-bond acceptors (Lipinski definition) is 9. The fraction of sp³-hybridized carbons (Fsp3) is 0.385. The third kappa shape index (κ3) is 5.55. The number of methoxy groups -OCH3 is 1. The predicted molar refractivity (Wildman–Crippen MR) is 131 cm³/mol. The van der Waals surface area contributed by atoms with E-state index in [0.717, 1.165) is 56.1 Å². The Balaban J connectivity index is 1.07. The molecule has 0 radical (unpaired) electrons. The number of likely N-dealkylation sites (tertiary alicyclic amines) is 1. The molecule has 10 nitrogen and oxygen atoms in total. The Bertz CT molecular complexity index is 1170. The Morgan fingerprint density at radius 3 is 2.31 bits per heavy atom. The summed E-state index contributed by atoms with van der Waals surface area (Å²) in [6, 6.07) is 15.3. The van der Waals surface area contributed by atoms with E-state index in [1.165, 1.54) is 5.56 Å². The van der Waals surface area contributed by atoms with Gasteiger partial charge in [-0.2, -0.15) is 0 Å². The number of benzene rings is 2. The highest BCUT2D eigenvalue weighted by atomic mass is 16.5. The maximum atomic E-state index is 12.7. The number of ether oxygens (including phenoxy) is 2. The van der Waals surface area contributed by atoms with Gasteiger partial charge in [-0.05, 0) is 42.0 Å². The largest absolute Gasteiger partial charge is 0.497 e.